The normalized spacial score (nSPS) is 13.8. The van der Waals surface area contributed by atoms with E-state index in [1.807, 2.05) is 62.4 Å². The van der Waals surface area contributed by atoms with Crippen molar-refractivity contribution in [2.24, 2.45) is 20.5 Å². The van der Waals surface area contributed by atoms with Crippen LogP contribution in [0.15, 0.2) is 105 Å². The first-order chi connectivity index (χ1) is 19.5. The minimum Gasteiger partial charge on any atom is -0.368 e. The standard InChI is InChI=1S/C32H30N6O2/c1-23-19-25(21-39)3-13-31(23)35-33-27-5-9-29(10-6-27)37-15-17-38(18-16-37)30-11-7-28(8-12-30)34-36-32-14-4-26(22-40)20-24(32)2/h3-14,19-22H,15-18H2,1-2H3/b35-33+,36-34+. The average Bonchev–Trinajstić information content (AvgIpc) is 3.00. The van der Waals surface area contributed by atoms with Crippen LogP contribution in [0.25, 0.3) is 0 Å². The van der Waals surface area contributed by atoms with Crippen molar-refractivity contribution in [2.75, 3.05) is 36.0 Å². The van der Waals surface area contributed by atoms with Crippen LogP contribution in [0.2, 0.25) is 0 Å². The van der Waals surface area contributed by atoms with Gasteiger partial charge < -0.3 is 9.80 Å². The van der Waals surface area contributed by atoms with Gasteiger partial charge in [0.05, 0.1) is 22.7 Å². The summed E-state index contributed by atoms with van der Waals surface area (Å²) in [6.45, 7) is 7.51. The summed E-state index contributed by atoms with van der Waals surface area (Å²) in [6, 6.07) is 27.0. The van der Waals surface area contributed by atoms with Crippen molar-refractivity contribution >= 4 is 46.7 Å². The third-order valence-electron chi connectivity index (χ3n) is 6.97. The molecular weight excluding hydrogens is 500 g/mol. The van der Waals surface area contributed by atoms with Crippen LogP contribution in [0, 0.1) is 13.8 Å². The first-order valence-electron chi connectivity index (χ1n) is 13.2. The minimum absolute atomic E-state index is 0.634. The van der Waals surface area contributed by atoms with E-state index in [0.29, 0.717) is 11.1 Å². The highest BCUT2D eigenvalue weighted by Gasteiger charge is 2.17. The molecule has 4 aromatic rings. The van der Waals surface area contributed by atoms with Crippen molar-refractivity contribution in [1.29, 1.82) is 0 Å². The molecule has 0 atom stereocenters. The predicted octanol–water partition coefficient (Wildman–Crippen LogP) is 8.09. The van der Waals surface area contributed by atoms with E-state index >= 15 is 0 Å². The molecule has 8 nitrogen and oxygen atoms in total. The summed E-state index contributed by atoms with van der Waals surface area (Å²) in [6.07, 6.45) is 1.66. The van der Waals surface area contributed by atoms with E-state index in [1.54, 1.807) is 12.1 Å². The summed E-state index contributed by atoms with van der Waals surface area (Å²) < 4.78 is 0. The van der Waals surface area contributed by atoms with E-state index in [4.69, 9.17) is 0 Å². The molecule has 8 heteroatoms. The number of aldehydes is 2. The van der Waals surface area contributed by atoms with Gasteiger partial charge >= 0.3 is 0 Å². The third kappa shape index (κ3) is 6.35. The van der Waals surface area contributed by atoms with Crippen LogP contribution in [0.4, 0.5) is 34.1 Å². The molecule has 0 spiro atoms. The molecule has 5 rings (SSSR count). The monoisotopic (exact) mass is 530 g/mol. The second-order valence-corrected chi connectivity index (χ2v) is 9.73. The molecule has 0 aliphatic carbocycles. The molecule has 1 fully saturated rings. The average molecular weight is 531 g/mol. The molecule has 4 aromatic carbocycles. The molecule has 0 N–H and O–H groups in total. The molecule has 0 radical (unpaired) electrons. The molecule has 1 aliphatic rings. The number of azo groups is 2. The maximum atomic E-state index is 10.9. The van der Waals surface area contributed by atoms with Gasteiger partial charge in [0.2, 0.25) is 0 Å². The van der Waals surface area contributed by atoms with Crippen molar-refractivity contribution in [3.05, 3.63) is 107 Å². The highest BCUT2D eigenvalue weighted by atomic mass is 16.1. The smallest absolute Gasteiger partial charge is 0.150 e. The Morgan fingerprint density at radius 2 is 0.900 bits per heavy atom. The number of anilines is 2. The molecule has 40 heavy (non-hydrogen) atoms. The Balaban J connectivity index is 1.15. The number of aryl methyl sites for hydroxylation is 2. The van der Waals surface area contributed by atoms with Crippen molar-refractivity contribution in [1.82, 2.24) is 0 Å². The summed E-state index contributed by atoms with van der Waals surface area (Å²) in [5, 5.41) is 17.4. The van der Waals surface area contributed by atoms with Gasteiger partial charge in [-0.1, -0.05) is 0 Å². The topological polar surface area (TPSA) is 90.1 Å². The van der Waals surface area contributed by atoms with Crippen molar-refractivity contribution in [3.63, 3.8) is 0 Å². The molecule has 0 bridgehead atoms. The van der Waals surface area contributed by atoms with Crippen LogP contribution in [0.5, 0.6) is 0 Å². The van der Waals surface area contributed by atoms with E-state index in [9.17, 15) is 9.59 Å². The first-order valence-corrected chi connectivity index (χ1v) is 13.2. The molecule has 1 aliphatic heterocycles. The van der Waals surface area contributed by atoms with Crippen LogP contribution in [0.1, 0.15) is 31.8 Å². The first kappa shape index (κ1) is 26.6. The lowest BCUT2D eigenvalue weighted by Crippen LogP contribution is -2.46. The SMILES string of the molecule is Cc1cc(C=O)ccc1/N=N/c1ccc(N2CCN(c3ccc(/N=N/c4ccc(C=O)cc4C)cc3)CC2)cc1. The summed E-state index contributed by atoms with van der Waals surface area (Å²) in [7, 11) is 0. The molecule has 200 valence electrons. The van der Waals surface area contributed by atoms with Crippen LogP contribution >= 0.6 is 0 Å². The molecule has 0 unspecified atom stereocenters. The Hall–Kier alpha value is -4.98. The molecule has 1 saturated heterocycles. The Morgan fingerprint density at radius 1 is 0.525 bits per heavy atom. The number of benzene rings is 4. The van der Waals surface area contributed by atoms with E-state index in [2.05, 4.69) is 54.5 Å². The summed E-state index contributed by atoms with van der Waals surface area (Å²) in [4.78, 5) is 26.6. The third-order valence-corrected chi connectivity index (χ3v) is 6.97. The van der Waals surface area contributed by atoms with Gasteiger partial charge in [-0.25, -0.2) is 0 Å². The minimum atomic E-state index is 0.634. The number of carbonyl (C=O) groups is 2. The van der Waals surface area contributed by atoms with Gasteiger partial charge in [0.15, 0.2) is 0 Å². The number of hydrogen-bond donors (Lipinski definition) is 0. The summed E-state index contributed by atoms with van der Waals surface area (Å²) in [5.41, 5.74) is 8.50. The van der Waals surface area contributed by atoms with Crippen LogP contribution in [0.3, 0.4) is 0 Å². The van der Waals surface area contributed by atoms with E-state index in [0.717, 1.165) is 84.0 Å². The lowest BCUT2D eigenvalue weighted by Gasteiger charge is -2.37. The fraction of sp³-hybridized carbons (Fsp3) is 0.188. The number of rotatable bonds is 8. The Bertz CT molecular complexity index is 1430. The Kier molecular flexibility index (Phi) is 8.15. The Morgan fingerprint density at radius 3 is 1.23 bits per heavy atom. The Labute approximate surface area is 233 Å². The van der Waals surface area contributed by atoms with Crippen molar-refractivity contribution in [3.8, 4) is 0 Å². The van der Waals surface area contributed by atoms with E-state index in [-0.39, 0.29) is 0 Å². The van der Waals surface area contributed by atoms with Gasteiger partial charge in [0.25, 0.3) is 0 Å². The second-order valence-electron chi connectivity index (χ2n) is 9.73. The van der Waals surface area contributed by atoms with E-state index < -0.39 is 0 Å². The predicted molar refractivity (Wildman–Crippen MR) is 159 cm³/mol. The van der Waals surface area contributed by atoms with Gasteiger partial charge in [-0.05, 0) is 110 Å². The lowest BCUT2D eigenvalue weighted by atomic mass is 10.1. The van der Waals surface area contributed by atoms with Crippen LogP contribution < -0.4 is 9.80 Å². The maximum absolute atomic E-state index is 10.9. The fourth-order valence-electron chi connectivity index (χ4n) is 4.63. The number of piperazine rings is 1. The molecular formula is C32H30N6O2. The number of hydrogen-bond acceptors (Lipinski definition) is 8. The van der Waals surface area contributed by atoms with Gasteiger partial charge in [-0.3, -0.25) is 9.59 Å². The summed E-state index contributed by atoms with van der Waals surface area (Å²) >= 11 is 0. The summed E-state index contributed by atoms with van der Waals surface area (Å²) in [5.74, 6) is 0. The molecule has 0 saturated carbocycles. The van der Waals surface area contributed by atoms with Crippen LogP contribution in [-0.4, -0.2) is 38.8 Å². The van der Waals surface area contributed by atoms with Gasteiger partial charge in [-0.2, -0.15) is 20.5 Å². The zero-order valence-electron chi connectivity index (χ0n) is 22.6. The van der Waals surface area contributed by atoms with Gasteiger partial charge in [0, 0.05) is 48.7 Å². The molecule has 0 amide bonds. The fourth-order valence-corrected chi connectivity index (χ4v) is 4.63. The highest BCUT2D eigenvalue weighted by molar-refractivity contribution is 5.77. The maximum Gasteiger partial charge on any atom is 0.150 e. The van der Waals surface area contributed by atoms with Gasteiger partial charge in [-0.15, -0.1) is 0 Å². The number of carbonyl (C=O) groups excluding carboxylic acids is 2. The number of nitrogens with zero attached hydrogens (tertiary/aromatic N) is 6. The highest BCUT2D eigenvalue weighted by Crippen LogP contribution is 2.28. The largest absolute Gasteiger partial charge is 0.368 e. The zero-order chi connectivity index (χ0) is 27.9. The van der Waals surface area contributed by atoms with Gasteiger partial charge in [0.1, 0.15) is 12.6 Å². The van der Waals surface area contributed by atoms with E-state index in [1.165, 1.54) is 0 Å². The molecule has 1 heterocycles. The zero-order valence-corrected chi connectivity index (χ0v) is 22.6. The van der Waals surface area contributed by atoms with Crippen LogP contribution in [-0.2, 0) is 0 Å². The molecule has 0 aromatic heterocycles. The second kappa shape index (κ2) is 12.3. The van der Waals surface area contributed by atoms with Crippen molar-refractivity contribution in [2.45, 2.75) is 13.8 Å². The lowest BCUT2D eigenvalue weighted by molar-refractivity contribution is 0.111. The van der Waals surface area contributed by atoms with Crippen molar-refractivity contribution < 1.29 is 9.59 Å². The quantitative estimate of drug-likeness (QED) is 0.170.